The summed E-state index contributed by atoms with van der Waals surface area (Å²) in [6.45, 7) is 1.08. The van der Waals surface area contributed by atoms with E-state index in [4.69, 9.17) is 22.5 Å². The zero-order valence-electron chi connectivity index (χ0n) is 13.5. The average molecular weight is 336 g/mol. The molecule has 0 aliphatic heterocycles. The van der Waals surface area contributed by atoms with E-state index in [-0.39, 0.29) is 0 Å². The van der Waals surface area contributed by atoms with Crippen LogP contribution < -0.4 is 0 Å². The predicted molar refractivity (Wildman–Crippen MR) is 102 cm³/mol. The fraction of sp³-hybridized carbons (Fsp3) is 0.0952. The molecule has 24 heavy (non-hydrogen) atoms. The van der Waals surface area contributed by atoms with Crippen LogP contribution in [0.1, 0.15) is 23.6 Å². The molecule has 2 nitrogen and oxygen atoms in total. The van der Waals surface area contributed by atoms with E-state index in [1.54, 1.807) is 0 Å². The van der Waals surface area contributed by atoms with Crippen molar-refractivity contribution in [3.8, 4) is 0 Å². The second-order valence-corrected chi connectivity index (χ2v) is 6.00. The normalized spacial score (nSPS) is 10.4. The second-order valence-electron chi connectivity index (χ2n) is 5.33. The van der Waals surface area contributed by atoms with Gasteiger partial charge in [-0.2, -0.15) is 12.6 Å². The van der Waals surface area contributed by atoms with Gasteiger partial charge >= 0.3 is 0 Å². The predicted octanol–water partition coefficient (Wildman–Crippen LogP) is 5.00. The van der Waals surface area contributed by atoms with Crippen LogP contribution in [0.3, 0.4) is 0 Å². The Morgan fingerprint density at radius 3 is 1.12 bits per heavy atom. The monoisotopic (exact) mass is 336 g/mol. The molecule has 3 heteroatoms. The summed E-state index contributed by atoms with van der Waals surface area (Å²) in [6, 6.07) is 31.3. The first-order valence-corrected chi connectivity index (χ1v) is 8.08. The van der Waals surface area contributed by atoms with Gasteiger partial charge in [0.15, 0.2) is 0 Å². The molecular formula is C21H20O2S. The Hall–Kier alpha value is -2.52. The summed E-state index contributed by atoms with van der Waals surface area (Å²) in [5.41, 5.74) is 3.54. The number of thiol groups is 1. The summed E-state index contributed by atoms with van der Waals surface area (Å²) in [5, 5.41) is 7.42. The molecule has 0 unspecified atom stereocenters. The summed E-state index contributed by atoms with van der Waals surface area (Å²) >= 11 is 5.09. The van der Waals surface area contributed by atoms with Gasteiger partial charge in [-0.3, -0.25) is 4.79 Å². The third kappa shape index (κ3) is 4.27. The number of carboxylic acid groups (broad SMARTS) is 1. The van der Waals surface area contributed by atoms with Gasteiger partial charge in [0.25, 0.3) is 5.97 Å². The molecule has 0 bridgehead atoms. The largest absolute Gasteiger partial charge is 0.481 e. The molecule has 0 fully saturated rings. The maximum atomic E-state index is 9.00. The Balaban J connectivity index is 0.000000471. The minimum Gasteiger partial charge on any atom is -0.481 e. The van der Waals surface area contributed by atoms with Crippen LogP contribution in [0.5, 0.6) is 0 Å². The molecule has 3 aromatic rings. The lowest BCUT2D eigenvalue weighted by Gasteiger charge is -2.30. The van der Waals surface area contributed by atoms with Crippen molar-refractivity contribution in [3.05, 3.63) is 108 Å². The standard InChI is InChI=1S/C19H16S.C2H4O2/c20-19(16-10-4-1-5-11-16,17-12-6-2-7-13-17)18-14-8-3-9-15-18;1-2(3)4/h1-15,20H;1H3,(H,3,4). The van der Waals surface area contributed by atoms with Crippen LogP contribution >= 0.6 is 12.6 Å². The molecule has 3 rings (SSSR count). The van der Waals surface area contributed by atoms with Crippen LogP contribution in [-0.2, 0) is 9.54 Å². The maximum Gasteiger partial charge on any atom is 0.300 e. The third-order valence-electron chi connectivity index (χ3n) is 3.57. The van der Waals surface area contributed by atoms with E-state index in [2.05, 4.69) is 72.8 Å². The lowest BCUT2D eigenvalue weighted by Crippen LogP contribution is -2.22. The molecule has 0 heterocycles. The van der Waals surface area contributed by atoms with Crippen LogP contribution in [0.2, 0.25) is 0 Å². The number of hydrogen-bond acceptors (Lipinski definition) is 2. The van der Waals surface area contributed by atoms with Crippen LogP contribution in [-0.4, -0.2) is 11.1 Å². The van der Waals surface area contributed by atoms with Crippen molar-refractivity contribution >= 4 is 18.6 Å². The molecule has 0 spiro atoms. The van der Waals surface area contributed by atoms with Crippen molar-refractivity contribution in [1.82, 2.24) is 0 Å². The highest BCUT2D eigenvalue weighted by Crippen LogP contribution is 2.42. The maximum absolute atomic E-state index is 9.00. The molecular weight excluding hydrogens is 316 g/mol. The van der Waals surface area contributed by atoms with Crippen molar-refractivity contribution in [2.45, 2.75) is 11.7 Å². The Kier molecular flexibility index (Phi) is 6.21. The highest BCUT2D eigenvalue weighted by atomic mass is 32.1. The molecule has 0 atom stereocenters. The van der Waals surface area contributed by atoms with E-state index in [0.29, 0.717) is 0 Å². The van der Waals surface area contributed by atoms with E-state index < -0.39 is 10.7 Å². The van der Waals surface area contributed by atoms with Gasteiger partial charge in [-0.1, -0.05) is 91.0 Å². The topological polar surface area (TPSA) is 37.3 Å². The van der Waals surface area contributed by atoms with Gasteiger partial charge in [-0.15, -0.1) is 0 Å². The van der Waals surface area contributed by atoms with Crippen LogP contribution in [0, 0.1) is 0 Å². The van der Waals surface area contributed by atoms with Crippen LogP contribution in [0.15, 0.2) is 91.0 Å². The van der Waals surface area contributed by atoms with Crippen LogP contribution in [0.4, 0.5) is 0 Å². The molecule has 0 aliphatic carbocycles. The Morgan fingerprint density at radius 2 is 0.917 bits per heavy atom. The van der Waals surface area contributed by atoms with Crippen molar-refractivity contribution in [3.63, 3.8) is 0 Å². The lowest BCUT2D eigenvalue weighted by molar-refractivity contribution is -0.134. The molecule has 0 aromatic heterocycles. The smallest absolute Gasteiger partial charge is 0.300 e. The van der Waals surface area contributed by atoms with Gasteiger partial charge in [0.2, 0.25) is 0 Å². The molecule has 0 saturated carbocycles. The third-order valence-corrected chi connectivity index (χ3v) is 4.35. The van der Waals surface area contributed by atoms with Gasteiger partial charge in [0.05, 0.1) is 4.75 Å². The zero-order chi connectivity index (χ0) is 17.4. The molecule has 0 radical (unpaired) electrons. The summed E-state index contributed by atoms with van der Waals surface area (Å²) in [5.74, 6) is -0.833. The van der Waals surface area contributed by atoms with Gasteiger partial charge < -0.3 is 5.11 Å². The first-order chi connectivity index (χ1) is 11.5. The average Bonchev–Trinajstić information content (AvgIpc) is 2.63. The van der Waals surface area contributed by atoms with Crippen LogP contribution in [0.25, 0.3) is 0 Å². The number of rotatable bonds is 3. The molecule has 0 saturated heterocycles. The molecule has 3 aromatic carbocycles. The SMILES string of the molecule is CC(=O)O.SC(c1ccccc1)(c1ccccc1)c1ccccc1. The van der Waals surface area contributed by atoms with Gasteiger partial charge in [-0.25, -0.2) is 0 Å². The molecule has 0 aliphatic rings. The zero-order valence-corrected chi connectivity index (χ0v) is 14.4. The Labute approximate surface area is 148 Å². The number of benzene rings is 3. The first-order valence-electron chi connectivity index (χ1n) is 7.63. The Bertz CT molecular complexity index is 655. The van der Waals surface area contributed by atoms with Gasteiger partial charge in [0, 0.05) is 6.92 Å². The van der Waals surface area contributed by atoms with Gasteiger partial charge in [0.1, 0.15) is 0 Å². The van der Waals surface area contributed by atoms with Crippen molar-refractivity contribution in [1.29, 1.82) is 0 Å². The van der Waals surface area contributed by atoms with E-state index in [9.17, 15) is 0 Å². The summed E-state index contributed by atoms with van der Waals surface area (Å²) < 4.78 is -0.427. The lowest BCUT2D eigenvalue weighted by atomic mass is 9.84. The van der Waals surface area contributed by atoms with E-state index in [0.717, 1.165) is 6.92 Å². The van der Waals surface area contributed by atoms with Crippen molar-refractivity contribution < 1.29 is 9.90 Å². The quantitative estimate of drug-likeness (QED) is 0.522. The summed E-state index contributed by atoms with van der Waals surface area (Å²) in [6.07, 6.45) is 0. The summed E-state index contributed by atoms with van der Waals surface area (Å²) in [7, 11) is 0. The molecule has 1 N–H and O–H groups in total. The van der Waals surface area contributed by atoms with E-state index >= 15 is 0 Å². The van der Waals surface area contributed by atoms with E-state index in [1.807, 2.05) is 18.2 Å². The fourth-order valence-corrected chi connectivity index (χ4v) is 2.99. The number of aliphatic carboxylic acids is 1. The van der Waals surface area contributed by atoms with Crippen molar-refractivity contribution in [2.24, 2.45) is 0 Å². The molecule has 122 valence electrons. The minimum absolute atomic E-state index is 0.427. The Morgan fingerprint density at radius 1 is 0.708 bits per heavy atom. The number of carbonyl (C=O) groups is 1. The van der Waals surface area contributed by atoms with Gasteiger partial charge in [-0.05, 0) is 16.7 Å². The number of hydrogen-bond donors (Lipinski definition) is 2. The number of carboxylic acids is 1. The van der Waals surface area contributed by atoms with E-state index in [1.165, 1.54) is 16.7 Å². The molecule has 0 amide bonds. The minimum atomic E-state index is -0.833. The van der Waals surface area contributed by atoms with Crippen molar-refractivity contribution in [2.75, 3.05) is 0 Å². The summed E-state index contributed by atoms with van der Waals surface area (Å²) in [4.78, 5) is 9.00. The first kappa shape index (κ1) is 17.8. The highest BCUT2D eigenvalue weighted by molar-refractivity contribution is 7.81. The second kappa shape index (κ2) is 8.37. The highest BCUT2D eigenvalue weighted by Gasteiger charge is 2.31. The fourth-order valence-electron chi connectivity index (χ4n) is 2.54.